The summed E-state index contributed by atoms with van der Waals surface area (Å²) in [5.74, 6) is 1.63. The van der Waals surface area contributed by atoms with Crippen LogP contribution in [0.5, 0.6) is 0 Å². The third kappa shape index (κ3) is 4.77. The van der Waals surface area contributed by atoms with Crippen molar-refractivity contribution in [3.8, 4) is 0 Å². The molecule has 0 N–H and O–H groups in total. The highest BCUT2D eigenvalue weighted by Crippen LogP contribution is 2.35. The maximum atomic E-state index is 11.1. The van der Waals surface area contributed by atoms with Gasteiger partial charge >= 0.3 is 5.97 Å². The Morgan fingerprint density at radius 1 is 1.21 bits per heavy atom. The van der Waals surface area contributed by atoms with Crippen molar-refractivity contribution in [3.05, 3.63) is 0 Å². The minimum Gasteiger partial charge on any atom is -0.464 e. The number of rotatable bonds is 6. The van der Waals surface area contributed by atoms with Gasteiger partial charge in [0.05, 0.1) is 13.2 Å². The predicted octanol–water partition coefficient (Wildman–Crippen LogP) is 2.08. The van der Waals surface area contributed by atoms with E-state index in [9.17, 15) is 4.79 Å². The second-order valence-corrected chi connectivity index (χ2v) is 5.75. The van der Waals surface area contributed by atoms with Crippen LogP contribution in [-0.2, 0) is 14.3 Å². The van der Waals surface area contributed by atoms with Gasteiger partial charge in [-0.3, -0.25) is 0 Å². The number of carbonyl (C=O) groups is 1. The van der Waals surface area contributed by atoms with Gasteiger partial charge in [0, 0.05) is 13.1 Å². The third-order valence-electron chi connectivity index (χ3n) is 4.45. The summed E-state index contributed by atoms with van der Waals surface area (Å²) >= 11 is 0. The molecule has 1 saturated carbocycles. The number of hydrogen-bond acceptors (Lipinski definition) is 4. The fourth-order valence-corrected chi connectivity index (χ4v) is 3.43. The van der Waals surface area contributed by atoms with E-state index in [0.717, 1.165) is 18.4 Å². The van der Waals surface area contributed by atoms with E-state index in [1.54, 1.807) is 0 Å². The Kier molecular flexibility index (Phi) is 6.11. The van der Waals surface area contributed by atoms with E-state index >= 15 is 0 Å². The van der Waals surface area contributed by atoms with E-state index < -0.39 is 0 Å². The summed E-state index contributed by atoms with van der Waals surface area (Å²) < 4.78 is 10.2. The Balaban J connectivity index is 1.58. The molecule has 2 aliphatic rings. The van der Waals surface area contributed by atoms with Gasteiger partial charge in [-0.25, -0.2) is 4.79 Å². The van der Waals surface area contributed by atoms with Crippen molar-refractivity contribution in [1.29, 1.82) is 0 Å². The molecule has 4 nitrogen and oxygen atoms in total. The molecule has 0 aromatic heterocycles. The quantitative estimate of drug-likeness (QED) is 0.546. The van der Waals surface area contributed by atoms with Crippen molar-refractivity contribution in [1.82, 2.24) is 4.90 Å². The molecule has 0 radical (unpaired) electrons. The number of esters is 1. The first-order chi connectivity index (χ1) is 9.29. The molecule has 0 spiro atoms. The number of fused-ring (bicyclic) bond motifs is 1. The van der Waals surface area contributed by atoms with Crippen molar-refractivity contribution in [2.75, 3.05) is 39.5 Å². The second-order valence-electron chi connectivity index (χ2n) is 5.75. The Hall–Kier alpha value is -0.610. The van der Waals surface area contributed by atoms with Gasteiger partial charge in [-0.2, -0.15) is 0 Å². The van der Waals surface area contributed by atoms with Crippen LogP contribution in [0.1, 0.15) is 39.0 Å². The molecule has 1 aliphatic heterocycles. The predicted molar refractivity (Wildman–Crippen MR) is 74.0 cm³/mol. The van der Waals surface area contributed by atoms with Crippen LogP contribution in [0.3, 0.4) is 0 Å². The van der Waals surface area contributed by atoms with Crippen LogP contribution in [0, 0.1) is 11.8 Å². The first kappa shape index (κ1) is 14.8. The highest BCUT2D eigenvalue weighted by Gasteiger charge is 2.30. The zero-order chi connectivity index (χ0) is 13.5. The Morgan fingerprint density at radius 2 is 2.00 bits per heavy atom. The number of carbonyl (C=O) groups excluding carboxylic acids is 1. The molecule has 19 heavy (non-hydrogen) atoms. The lowest BCUT2D eigenvalue weighted by molar-refractivity contribution is -0.148. The summed E-state index contributed by atoms with van der Waals surface area (Å²) in [6, 6.07) is 0. The first-order valence-corrected chi connectivity index (χ1v) is 7.75. The molecular weight excluding hydrogens is 242 g/mol. The summed E-state index contributed by atoms with van der Waals surface area (Å²) in [6.45, 7) is 6.34. The molecule has 110 valence electrons. The summed E-state index contributed by atoms with van der Waals surface area (Å²) in [4.78, 5) is 13.6. The lowest BCUT2D eigenvalue weighted by atomic mass is 9.75. The summed E-state index contributed by atoms with van der Waals surface area (Å²) in [5.41, 5.74) is 0. The fourth-order valence-electron chi connectivity index (χ4n) is 3.43. The summed E-state index contributed by atoms with van der Waals surface area (Å²) in [7, 11) is 0. The highest BCUT2D eigenvalue weighted by molar-refractivity contribution is 5.70. The van der Waals surface area contributed by atoms with Gasteiger partial charge in [0.1, 0.15) is 6.61 Å². The topological polar surface area (TPSA) is 38.8 Å². The molecule has 0 aromatic rings. The molecule has 1 heterocycles. The molecule has 2 atom stereocenters. The number of hydrogen-bond donors (Lipinski definition) is 0. The number of likely N-dealkylation sites (tertiary alicyclic amines) is 1. The first-order valence-electron chi connectivity index (χ1n) is 7.75. The number of nitrogens with zero attached hydrogens (tertiary/aromatic N) is 1. The van der Waals surface area contributed by atoms with Crippen LogP contribution in [0.15, 0.2) is 0 Å². The molecule has 2 rings (SSSR count). The Labute approximate surface area is 116 Å². The van der Waals surface area contributed by atoms with Crippen molar-refractivity contribution in [3.63, 3.8) is 0 Å². The summed E-state index contributed by atoms with van der Waals surface area (Å²) in [6.07, 6.45) is 7.05. The van der Waals surface area contributed by atoms with Crippen molar-refractivity contribution in [2.45, 2.75) is 39.0 Å². The molecule has 0 aromatic carbocycles. The van der Waals surface area contributed by atoms with E-state index in [1.807, 2.05) is 6.92 Å². The van der Waals surface area contributed by atoms with Crippen LogP contribution >= 0.6 is 0 Å². The monoisotopic (exact) mass is 269 g/mol. The van der Waals surface area contributed by atoms with E-state index in [-0.39, 0.29) is 12.6 Å². The van der Waals surface area contributed by atoms with E-state index in [0.29, 0.717) is 13.2 Å². The minimum atomic E-state index is -0.256. The standard InChI is InChI=1S/C15H27NO3/c1-2-19-15(17)12-18-10-9-16-8-7-13-5-3-4-6-14(13)11-16/h13-14H,2-12H2,1H3. The average molecular weight is 269 g/mol. The molecule has 2 fully saturated rings. The molecule has 1 aliphatic carbocycles. The van der Waals surface area contributed by atoms with Gasteiger partial charge in [0.2, 0.25) is 0 Å². The maximum absolute atomic E-state index is 11.1. The second kappa shape index (κ2) is 7.85. The lowest BCUT2D eigenvalue weighted by Crippen LogP contribution is -2.43. The van der Waals surface area contributed by atoms with Crippen LogP contribution in [0.25, 0.3) is 0 Å². The van der Waals surface area contributed by atoms with E-state index in [2.05, 4.69) is 4.90 Å². The van der Waals surface area contributed by atoms with Crippen LogP contribution < -0.4 is 0 Å². The number of ether oxygens (including phenoxy) is 2. The highest BCUT2D eigenvalue weighted by atomic mass is 16.6. The lowest BCUT2D eigenvalue weighted by Gasteiger charge is -2.41. The van der Waals surface area contributed by atoms with Crippen molar-refractivity contribution in [2.24, 2.45) is 11.8 Å². The minimum absolute atomic E-state index is 0.0910. The maximum Gasteiger partial charge on any atom is 0.332 e. The Bertz CT molecular complexity index is 283. The van der Waals surface area contributed by atoms with E-state index in [1.165, 1.54) is 45.2 Å². The number of piperidine rings is 1. The normalized spacial score (nSPS) is 27.8. The van der Waals surface area contributed by atoms with Crippen molar-refractivity contribution >= 4 is 5.97 Å². The summed E-state index contributed by atoms with van der Waals surface area (Å²) in [5, 5.41) is 0. The largest absolute Gasteiger partial charge is 0.464 e. The Morgan fingerprint density at radius 3 is 2.79 bits per heavy atom. The fraction of sp³-hybridized carbons (Fsp3) is 0.933. The molecule has 1 saturated heterocycles. The SMILES string of the molecule is CCOC(=O)COCCN1CCC2CCCCC2C1. The van der Waals surface area contributed by atoms with Gasteiger partial charge in [0.15, 0.2) is 0 Å². The molecule has 0 bridgehead atoms. The van der Waals surface area contributed by atoms with Crippen molar-refractivity contribution < 1.29 is 14.3 Å². The van der Waals surface area contributed by atoms with Crippen LogP contribution in [-0.4, -0.2) is 50.3 Å². The third-order valence-corrected chi connectivity index (χ3v) is 4.45. The zero-order valence-electron chi connectivity index (χ0n) is 12.1. The van der Waals surface area contributed by atoms with Gasteiger partial charge < -0.3 is 14.4 Å². The van der Waals surface area contributed by atoms with Gasteiger partial charge in [0.25, 0.3) is 0 Å². The van der Waals surface area contributed by atoms with Crippen LogP contribution in [0.4, 0.5) is 0 Å². The van der Waals surface area contributed by atoms with Crippen LogP contribution in [0.2, 0.25) is 0 Å². The smallest absolute Gasteiger partial charge is 0.332 e. The average Bonchev–Trinajstić information content (AvgIpc) is 2.44. The van der Waals surface area contributed by atoms with Gasteiger partial charge in [-0.1, -0.05) is 19.3 Å². The van der Waals surface area contributed by atoms with Gasteiger partial charge in [-0.05, 0) is 38.1 Å². The molecule has 4 heteroatoms. The molecule has 2 unspecified atom stereocenters. The van der Waals surface area contributed by atoms with E-state index in [4.69, 9.17) is 9.47 Å². The van der Waals surface area contributed by atoms with Gasteiger partial charge in [-0.15, -0.1) is 0 Å². The zero-order valence-corrected chi connectivity index (χ0v) is 12.1. The molecular formula is C15H27NO3. The molecule has 0 amide bonds.